The van der Waals surface area contributed by atoms with Crippen LogP contribution in [0, 0.1) is 12.8 Å². The highest BCUT2D eigenvalue weighted by Gasteiger charge is 2.25. The molecule has 0 radical (unpaired) electrons. The number of allylic oxidation sites excluding steroid dienone is 2. The number of aryl methyl sites for hydroxylation is 1. The minimum absolute atomic E-state index is 0.195. The molecule has 0 aliphatic heterocycles. The zero-order valence-corrected chi connectivity index (χ0v) is 12.7. The van der Waals surface area contributed by atoms with E-state index >= 15 is 0 Å². The van der Waals surface area contributed by atoms with Gasteiger partial charge in [0.05, 0.1) is 0 Å². The molecule has 0 amide bonds. The number of ketones is 1. The van der Waals surface area contributed by atoms with Crippen LogP contribution in [0.4, 0.5) is 0 Å². The molecule has 1 aliphatic rings. The molecule has 0 heterocycles. The van der Waals surface area contributed by atoms with Crippen molar-refractivity contribution in [2.45, 2.75) is 53.4 Å². The number of carbonyl (C=O) groups excluding carboxylic acids is 1. The van der Waals surface area contributed by atoms with Gasteiger partial charge in [-0.05, 0) is 67.7 Å². The lowest BCUT2D eigenvalue weighted by atomic mass is 9.89. The third kappa shape index (κ3) is 2.97. The molecular formula is C18H24O. The summed E-state index contributed by atoms with van der Waals surface area (Å²) in [7, 11) is 0. The quantitative estimate of drug-likeness (QED) is 0.701. The fourth-order valence-corrected chi connectivity index (χ4v) is 2.97. The first-order valence-electron chi connectivity index (χ1n) is 7.24. The Balaban J connectivity index is 2.48. The second-order valence-corrected chi connectivity index (χ2v) is 6.10. The summed E-state index contributed by atoms with van der Waals surface area (Å²) in [4.78, 5) is 11.8. The number of hydrogen-bond acceptors (Lipinski definition) is 1. The zero-order chi connectivity index (χ0) is 14.2. The van der Waals surface area contributed by atoms with Crippen LogP contribution in [-0.2, 0) is 4.79 Å². The molecule has 1 nitrogen and oxygen atoms in total. The number of hydrogen-bond donors (Lipinski definition) is 0. The first-order chi connectivity index (χ1) is 8.91. The van der Waals surface area contributed by atoms with Crippen molar-refractivity contribution in [1.29, 1.82) is 0 Å². The second kappa shape index (κ2) is 5.32. The van der Waals surface area contributed by atoms with Crippen LogP contribution < -0.4 is 0 Å². The summed E-state index contributed by atoms with van der Waals surface area (Å²) in [6.45, 7) is 10.1. The molecule has 0 spiro atoms. The van der Waals surface area contributed by atoms with Gasteiger partial charge in [0.25, 0.3) is 0 Å². The molecule has 2 rings (SSSR count). The van der Waals surface area contributed by atoms with E-state index in [1.54, 1.807) is 6.92 Å². The second-order valence-electron chi connectivity index (χ2n) is 6.10. The fraction of sp³-hybridized carbons (Fsp3) is 0.500. The number of carbonyl (C=O) groups is 1. The summed E-state index contributed by atoms with van der Waals surface area (Å²) in [6.07, 6.45) is 2.63. The van der Waals surface area contributed by atoms with E-state index in [0.29, 0.717) is 0 Å². The van der Waals surface area contributed by atoms with E-state index in [2.05, 4.69) is 45.9 Å². The highest BCUT2D eigenvalue weighted by atomic mass is 16.1. The molecule has 1 heteroatoms. The van der Waals surface area contributed by atoms with E-state index in [4.69, 9.17) is 0 Å². The molecule has 1 aromatic carbocycles. The van der Waals surface area contributed by atoms with Crippen molar-refractivity contribution in [3.8, 4) is 0 Å². The van der Waals surface area contributed by atoms with Crippen molar-refractivity contribution in [2.24, 2.45) is 5.92 Å². The molecule has 0 atom stereocenters. The van der Waals surface area contributed by atoms with Crippen molar-refractivity contribution in [2.75, 3.05) is 0 Å². The average Bonchev–Trinajstić information content (AvgIpc) is 3.12. The monoisotopic (exact) mass is 256 g/mol. The van der Waals surface area contributed by atoms with Crippen LogP contribution in [-0.4, -0.2) is 5.78 Å². The predicted octanol–water partition coefficient (Wildman–Crippen LogP) is 4.89. The number of rotatable bonds is 4. The topological polar surface area (TPSA) is 17.1 Å². The van der Waals surface area contributed by atoms with Crippen LogP contribution in [0.2, 0.25) is 0 Å². The predicted molar refractivity (Wildman–Crippen MR) is 81.3 cm³/mol. The van der Waals surface area contributed by atoms with Crippen molar-refractivity contribution >= 4 is 11.4 Å². The highest BCUT2D eigenvalue weighted by Crippen LogP contribution is 2.42. The van der Waals surface area contributed by atoms with Gasteiger partial charge in [0.1, 0.15) is 0 Å². The molecule has 0 bridgehead atoms. The van der Waals surface area contributed by atoms with Crippen LogP contribution in [0.1, 0.15) is 63.1 Å². The van der Waals surface area contributed by atoms with Gasteiger partial charge in [0.2, 0.25) is 0 Å². The Kier molecular flexibility index (Phi) is 3.93. The van der Waals surface area contributed by atoms with Gasteiger partial charge in [-0.1, -0.05) is 32.0 Å². The minimum atomic E-state index is 0.195. The molecule has 1 saturated carbocycles. The highest BCUT2D eigenvalue weighted by molar-refractivity contribution is 6.01. The summed E-state index contributed by atoms with van der Waals surface area (Å²) in [5.74, 6) is 1.23. The van der Waals surface area contributed by atoms with Crippen molar-refractivity contribution in [1.82, 2.24) is 0 Å². The summed E-state index contributed by atoms with van der Waals surface area (Å²) >= 11 is 0. The van der Waals surface area contributed by atoms with Gasteiger partial charge in [-0.3, -0.25) is 4.79 Å². The summed E-state index contributed by atoms with van der Waals surface area (Å²) in [6, 6.07) is 6.65. The van der Waals surface area contributed by atoms with Gasteiger partial charge >= 0.3 is 0 Å². The fourth-order valence-electron chi connectivity index (χ4n) is 2.97. The van der Waals surface area contributed by atoms with Crippen LogP contribution in [0.3, 0.4) is 0 Å². The van der Waals surface area contributed by atoms with Gasteiger partial charge in [0.15, 0.2) is 5.78 Å². The number of Topliss-reactive ketones (excluding diaryl/α,β-unsaturated/α-hetero) is 1. The molecular weight excluding hydrogens is 232 g/mol. The van der Waals surface area contributed by atoms with Crippen molar-refractivity contribution < 1.29 is 4.79 Å². The lowest BCUT2D eigenvalue weighted by Crippen LogP contribution is -2.07. The maximum atomic E-state index is 11.8. The Labute approximate surface area is 116 Å². The molecule has 102 valence electrons. The molecule has 0 aromatic heterocycles. The standard InChI is InChI=1S/C18H24O/c1-11(2)18(14(5)19)13(4)16-7-6-12(3)17(10-16)15-8-9-15/h6-7,10-11,15H,8-9H2,1-5H3. The Bertz CT molecular complexity index is 531. The van der Waals surface area contributed by atoms with Crippen LogP contribution in [0.5, 0.6) is 0 Å². The maximum absolute atomic E-state index is 11.8. The van der Waals surface area contributed by atoms with E-state index < -0.39 is 0 Å². The smallest absolute Gasteiger partial charge is 0.156 e. The first-order valence-corrected chi connectivity index (χ1v) is 7.24. The van der Waals surface area contributed by atoms with Crippen molar-refractivity contribution in [3.05, 3.63) is 40.5 Å². The molecule has 1 aliphatic carbocycles. The third-order valence-electron chi connectivity index (χ3n) is 4.09. The molecule has 1 aromatic rings. The van der Waals surface area contributed by atoms with Gasteiger partial charge < -0.3 is 0 Å². The molecule has 0 saturated heterocycles. The van der Waals surface area contributed by atoms with E-state index in [1.165, 1.54) is 29.5 Å². The lowest BCUT2D eigenvalue weighted by molar-refractivity contribution is -0.113. The minimum Gasteiger partial charge on any atom is -0.295 e. The lowest BCUT2D eigenvalue weighted by Gasteiger charge is -2.15. The van der Waals surface area contributed by atoms with Crippen LogP contribution >= 0.6 is 0 Å². The van der Waals surface area contributed by atoms with E-state index in [0.717, 1.165) is 17.1 Å². The molecule has 0 unspecified atom stereocenters. The Morgan fingerprint density at radius 1 is 1.21 bits per heavy atom. The van der Waals surface area contributed by atoms with E-state index in [-0.39, 0.29) is 11.7 Å². The van der Waals surface area contributed by atoms with E-state index in [1.807, 2.05) is 0 Å². The number of benzene rings is 1. The van der Waals surface area contributed by atoms with Crippen LogP contribution in [0.15, 0.2) is 23.8 Å². The Morgan fingerprint density at radius 3 is 2.32 bits per heavy atom. The van der Waals surface area contributed by atoms with Gasteiger partial charge in [-0.2, -0.15) is 0 Å². The molecule has 19 heavy (non-hydrogen) atoms. The van der Waals surface area contributed by atoms with E-state index in [9.17, 15) is 4.79 Å². The normalized spacial score (nSPS) is 16.5. The first kappa shape index (κ1) is 14.0. The largest absolute Gasteiger partial charge is 0.295 e. The molecule has 1 fully saturated rings. The maximum Gasteiger partial charge on any atom is 0.156 e. The van der Waals surface area contributed by atoms with Gasteiger partial charge in [-0.25, -0.2) is 0 Å². The Morgan fingerprint density at radius 2 is 1.84 bits per heavy atom. The Hall–Kier alpha value is -1.37. The summed E-state index contributed by atoms with van der Waals surface area (Å²) in [5, 5.41) is 0. The third-order valence-corrected chi connectivity index (χ3v) is 4.09. The van der Waals surface area contributed by atoms with Gasteiger partial charge in [0, 0.05) is 5.57 Å². The summed E-state index contributed by atoms with van der Waals surface area (Å²) in [5.41, 5.74) is 6.18. The average molecular weight is 256 g/mol. The van der Waals surface area contributed by atoms with Crippen molar-refractivity contribution in [3.63, 3.8) is 0 Å². The van der Waals surface area contributed by atoms with Gasteiger partial charge in [-0.15, -0.1) is 0 Å². The zero-order valence-electron chi connectivity index (χ0n) is 12.7. The summed E-state index contributed by atoms with van der Waals surface area (Å²) < 4.78 is 0. The molecule has 0 N–H and O–H groups in total. The van der Waals surface area contributed by atoms with Crippen LogP contribution in [0.25, 0.3) is 5.57 Å². The SMILES string of the molecule is CC(=O)C(=C(C)c1ccc(C)c(C2CC2)c1)C(C)C.